The van der Waals surface area contributed by atoms with E-state index in [9.17, 15) is 4.79 Å². The minimum Gasteiger partial charge on any atom is -0.302 e. The van der Waals surface area contributed by atoms with Crippen molar-refractivity contribution >= 4 is 23.9 Å². The van der Waals surface area contributed by atoms with E-state index in [1.807, 2.05) is 54.0 Å². The Morgan fingerprint density at radius 1 is 1.19 bits per heavy atom. The number of carbonyl (C=O) groups is 1. The maximum Gasteiger partial charge on any atom is 0.250 e. The molecular formula is C18H18N6OS. The van der Waals surface area contributed by atoms with E-state index in [2.05, 4.69) is 25.7 Å². The molecule has 1 N–H and O–H groups in total. The summed E-state index contributed by atoms with van der Waals surface area (Å²) in [6.07, 6.45) is 3.17. The van der Waals surface area contributed by atoms with E-state index < -0.39 is 0 Å². The lowest BCUT2D eigenvalue weighted by Gasteiger charge is -2.06. The predicted molar refractivity (Wildman–Crippen MR) is 102 cm³/mol. The molecule has 0 bridgehead atoms. The van der Waals surface area contributed by atoms with Gasteiger partial charge in [0.2, 0.25) is 0 Å². The second kappa shape index (κ2) is 8.91. The largest absolute Gasteiger partial charge is 0.302 e. The number of aromatic nitrogens is 4. The number of hydrogen-bond acceptors (Lipinski definition) is 6. The number of amides is 1. The first-order valence-corrected chi connectivity index (χ1v) is 9.11. The first-order valence-electron chi connectivity index (χ1n) is 8.12. The van der Waals surface area contributed by atoms with Gasteiger partial charge >= 0.3 is 0 Å². The number of benzene rings is 1. The van der Waals surface area contributed by atoms with Gasteiger partial charge in [-0.3, -0.25) is 9.78 Å². The van der Waals surface area contributed by atoms with Crippen LogP contribution < -0.4 is 5.43 Å². The van der Waals surface area contributed by atoms with Crippen molar-refractivity contribution in [2.24, 2.45) is 5.10 Å². The average Bonchev–Trinajstić information content (AvgIpc) is 3.11. The molecule has 0 aliphatic heterocycles. The fourth-order valence-electron chi connectivity index (χ4n) is 2.27. The van der Waals surface area contributed by atoms with Crippen LogP contribution in [-0.2, 0) is 11.3 Å². The molecule has 132 valence electrons. The van der Waals surface area contributed by atoms with Gasteiger partial charge in [-0.2, -0.15) is 5.10 Å². The Bertz CT molecular complexity index is 879. The molecule has 0 saturated carbocycles. The van der Waals surface area contributed by atoms with Crippen molar-refractivity contribution < 1.29 is 4.79 Å². The minimum atomic E-state index is -0.214. The summed E-state index contributed by atoms with van der Waals surface area (Å²) in [4.78, 5) is 16.1. The van der Waals surface area contributed by atoms with Gasteiger partial charge in [0.15, 0.2) is 11.0 Å². The molecule has 26 heavy (non-hydrogen) atoms. The molecule has 8 heteroatoms. The number of nitrogens with one attached hydrogen (secondary N) is 1. The Morgan fingerprint density at radius 2 is 2.00 bits per heavy atom. The Labute approximate surface area is 155 Å². The number of hydrogen-bond donors (Lipinski definition) is 1. The van der Waals surface area contributed by atoms with Crippen LogP contribution in [0.5, 0.6) is 0 Å². The van der Waals surface area contributed by atoms with Gasteiger partial charge in [-0.05, 0) is 19.1 Å². The van der Waals surface area contributed by atoms with Crippen molar-refractivity contribution in [2.75, 3.05) is 5.75 Å². The van der Waals surface area contributed by atoms with Gasteiger partial charge in [-0.1, -0.05) is 48.2 Å². The Hall–Kier alpha value is -3.00. The van der Waals surface area contributed by atoms with E-state index >= 15 is 0 Å². The van der Waals surface area contributed by atoms with Crippen LogP contribution in [0.4, 0.5) is 0 Å². The van der Waals surface area contributed by atoms with Crippen molar-refractivity contribution in [2.45, 2.75) is 18.6 Å². The Kier molecular flexibility index (Phi) is 6.10. The first-order chi connectivity index (χ1) is 12.8. The summed E-state index contributed by atoms with van der Waals surface area (Å²) in [6, 6.07) is 15.3. The number of thioether (sulfide) groups is 1. The van der Waals surface area contributed by atoms with Crippen LogP contribution >= 0.6 is 11.8 Å². The SMILES string of the molecule is CCn1c(SCC(=O)N/N=C\c2ccccn2)nnc1-c1ccccc1. The first kappa shape index (κ1) is 17.8. The molecule has 0 unspecified atom stereocenters. The van der Waals surface area contributed by atoms with Gasteiger partial charge in [0, 0.05) is 18.3 Å². The normalized spacial score (nSPS) is 11.0. The lowest BCUT2D eigenvalue weighted by molar-refractivity contribution is -0.118. The zero-order chi connectivity index (χ0) is 18.2. The monoisotopic (exact) mass is 366 g/mol. The van der Waals surface area contributed by atoms with Crippen LogP contribution in [-0.4, -0.2) is 37.6 Å². The third kappa shape index (κ3) is 4.54. The highest BCUT2D eigenvalue weighted by Crippen LogP contribution is 2.23. The van der Waals surface area contributed by atoms with E-state index in [0.29, 0.717) is 10.9 Å². The smallest absolute Gasteiger partial charge is 0.250 e. The summed E-state index contributed by atoms with van der Waals surface area (Å²) in [5.41, 5.74) is 4.17. The highest BCUT2D eigenvalue weighted by Gasteiger charge is 2.14. The molecule has 0 aliphatic carbocycles. The van der Waals surface area contributed by atoms with Crippen LogP contribution in [0.25, 0.3) is 11.4 Å². The molecule has 0 atom stereocenters. The maximum absolute atomic E-state index is 12.0. The number of nitrogens with zero attached hydrogens (tertiary/aromatic N) is 5. The zero-order valence-electron chi connectivity index (χ0n) is 14.2. The third-order valence-corrected chi connectivity index (χ3v) is 4.44. The summed E-state index contributed by atoms with van der Waals surface area (Å²) in [7, 11) is 0. The van der Waals surface area contributed by atoms with Crippen LogP contribution in [0.1, 0.15) is 12.6 Å². The summed E-state index contributed by atoms with van der Waals surface area (Å²) >= 11 is 1.33. The summed E-state index contributed by atoms with van der Waals surface area (Å²) in [6.45, 7) is 2.75. The number of hydrazone groups is 1. The second-order valence-electron chi connectivity index (χ2n) is 5.25. The van der Waals surface area contributed by atoms with Crippen molar-refractivity contribution in [3.05, 3.63) is 60.4 Å². The van der Waals surface area contributed by atoms with E-state index in [-0.39, 0.29) is 11.7 Å². The molecule has 1 aromatic carbocycles. The van der Waals surface area contributed by atoms with Crippen LogP contribution in [0.2, 0.25) is 0 Å². The number of pyridine rings is 1. The second-order valence-corrected chi connectivity index (χ2v) is 6.20. The molecule has 3 aromatic rings. The van der Waals surface area contributed by atoms with Crippen LogP contribution in [0.3, 0.4) is 0 Å². The topological polar surface area (TPSA) is 85.1 Å². The third-order valence-electron chi connectivity index (χ3n) is 3.47. The molecule has 0 spiro atoms. The molecule has 3 rings (SSSR count). The predicted octanol–water partition coefficient (Wildman–Crippen LogP) is 2.60. The molecule has 1 amide bonds. The van der Waals surface area contributed by atoms with E-state index in [1.165, 1.54) is 18.0 Å². The minimum absolute atomic E-state index is 0.201. The summed E-state index contributed by atoms with van der Waals surface area (Å²) in [5.74, 6) is 0.783. The quantitative estimate of drug-likeness (QED) is 0.395. The van der Waals surface area contributed by atoms with Crippen LogP contribution in [0.15, 0.2) is 65.0 Å². The molecular weight excluding hydrogens is 348 g/mol. The van der Waals surface area contributed by atoms with Gasteiger partial charge in [-0.25, -0.2) is 5.43 Å². The average molecular weight is 366 g/mol. The number of rotatable bonds is 7. The lowest BCUT2D eigenvalue weighted by Crippen LogP contribution is -2.20. The Balaban J connectivity index is 1.58. The fourth-order valence-corrected chi connectivity index (χ4v) is 3.06. The van der Waals surface area contributed by atoms with Crippen molar-refractivity contribution in [1.82, 2.24) is 25.2 Å². The van der Waals surface area contributed by atoms with Gasteiger partial charge < -0.3 is 4.57 Å². The highest BCUT2D eigenvalue weighted by molar-refractivity contribution is 7.99. The lowest BCUT2D eigenvalue weighted by atomic mass is 10.2. The molecule has 0 aliphatic rings. The number of carbonyl (C=O) groups excluding carboxylic acids is 1. The zero-order valence-corrected chi connectivity index (χ0v) is 15.1. The van der Waals surface area contributed by atoms with Crippen molar-refractivity contribution in [3.8, 4) is 11.4 Å². The standard InChI is InChI=1S/C18H18N6OS/c1-2-24-17(14-8-4-3-5-9-14)22-23-18(24)26-13-16(25)21-20-12-15-10-6-7-11-19-15/h3-12H,2,13H2,1H3,(H,21,25)/b20-12-. The molecule has 0 saturated heterocycles. The molecule has 7 nitrogen and oxygen atoms in total. The molecule has 0 fully saturated rings. The van der Waals surface area contributed by atoms with Gasteiger partial charge in [-0.15, -0.1) is 10.2 Å². The van der Waals surface area contributed by atoms with Crippen LogP contribution in [0, 0.1) is 0 Å². The van der Waals surface area contributed by atoms with E-state index in [0.717, 1.165) is 17.9 Å². The fraction of sp³-hybridized carbons (Fsp3) is 0.167. The van der Waals surface area contributed by atoms with Gasteiger partial charge in [0.25, 0.3) is 5.91 Å². The molecule has 0 radical (unpaired) electrons. The summed E-state index contributed by atoms with van der Waals surface area (Å²) in [5, 5.41) is 13.1. The molecule has 2 aromatic heterocycles. The summed E-state index contributed by atoms with van der Waals surface area (Å²) < 4.78 is 1.99. The van der Waals surface area contributed by atoms with Gasteiger partial charge in [0.05, 0.1) is 17.7 Å². The Morgan fingerprint density at radius 3 is 2.73 bits per heavy atom. The maximum atomic E-state index is 12.0. The molecule has 2 heterocycles. The highest BCUT2D eigenvalue weighted by atomic mass is 32.2. The van der Waals surface area contributed by atoms with Crippen molar-refractivity contribution in [1.29, 1.82) is 0 Å². The van der Waals surface area contributed by atoms with Crippen molar-refractivity contribution in [3.63, 3.8) is 0 Å². The van der Waals surface area contributed by atoms with E-state index in [4.69, 9.17) is 0 Å². The van der Waals surface area contributed by atoms with E-state index in [1.54, 1.807) is 12.3 Å². The van der Waals surface area contributed by atoms with Gasteiger partial charge in [0.1, 0.15) is 0 Å².